The molecule has 3 rings (SSSR count). The molecule has 0 spiro atoms. The lowest BCUT2D eigenvalue weighted by Crippen LogP contribution is -2.34. The Labute approximate surface area is 138 Å². The molecule has 1 aliphatic rings. The second-order valence-electron chi connectivity index (χ2n) is 4.87. The number of nitrogens with one attached hydrogen (secondary N) is 1. The first kappa shape index (κ1) is 15.4. The van der Waals surface area contributed by atoms with Gasteiger partial charge >= 0.3 is 0 Å². The van der Waals surface area contributed by atoms with E-state index in [-0.39, 0.29) is 11.1 Å². The minimum Gasteiger partial charge on any atom is -0.494 e. The average Bonchev–Trinajstić information content (AvgIpc) is 2.84. The third-order valence-corrected chi connectivity index (χ3v) is 4.26. The molecular formula is C17H16N2O3S. The maximum atomic E-state index is 12.5. The summed E-state index contributed by atoms with van der Waals surface area (Å²) in [5.41, 5.74) is 1.35. The van der Waals surface area contributed by atoms with Crippen molar-refractivity contribution in [3.63, 3.8) is 0 Å². The molecule has 5 nitrogen and oxygen atoms in total. The minimum atomic E-state index is -0.624. The number of thioether (sulfide) groups is 1. The summed E-state index contributed by atoms with van der Waals surface area (Å²) in [5.74, 6) is 0.505. The number of benzene rings is 2. The van der Waals surface area contributed by atoms with Crippen molar-refractivity contribution in [1.29, 1.82) is 0 Å². The van der Waals surface area contributed by atoms with Crippen molar-refractivity contribution in [2.75, 3.05) is 16.8 Å². The molecule has 2 aromatic rings. The summed E-state index contributed by atoms with van der Waals surface area (Å²) < 4.78 is 5.38. The fourth-order valence-corrected chi connectivity index (χ4v) is 3.18. The van der Waals surface area contributed by atoms with E-state index in [9.17, 15) is 9.59 Å². The maximum Gasteiger partial charge on any atom is 0.295 e. The molecule has 6 heteroatoms. The fourth-order valence-electron chi connectivity index (χ4n) is 2.28. The average molecular weight is 328 g/mol. The molecule has 0 aromatic heterocycles. The topological polar surface area (TPSA) is 58.6 Å². The highest BCUT2D eigenvalue weighted by atomic mass is 32.2. The van der Waals surface area contributed by atoms with E-state index in [0.29, 0.717) is 12.3 Å². The van der Waals surface area contributed by atoms with Crippen molar-refractivity contribution < 1.29 is 14.3 Å². The Bertz CT molecular complexity index is 704. The number of carbonyl (C=O) groups excluding carboxylic acids is 2. The number of nitrogens with zero attached hydrogens (tertiary/aromatic N) is 1. The summed E-state index contributed by atoms with van der Waals surface area (Å²) in [6, 6.07) is 16.2. The molecule has 1 N–H and O–H groups in total. The van der Waals surface area contributed by atoms with Gasteiger partial charge in [-0.1, -0.05) is 18.2 Å². The number of anilines is 2. The molecule has 0 radical (unpaired) electrons. The predicted octanol–water partition coefficient (Wildman–Crippen LogP) is 3.72. The highest BCUT2D eigenvalue weighted by Gasteiger charge is 2.40. The lowest BCUT2D eigenvalue weighted by molar-refractivity contribution is -0.116. The summed E-state index contributed by atoms with van der Waals surface area (Å²) in [6.45, 7) is 2.52. The largest absolute Gasteiger partial charge is 0.494 e. The quantitative estimate of drug-likeness (QED) is 0.906. The monoisotopic (exact) mass is 328 g/mol. The Morgan fingerprint density at radius 1 is 1.09 bits per heavy atom. The molecule has 1 atom stereocenters. The normalized spacial score (nSPS) is 17.4. The molecule has 0 aliphatic carbocycles. The number of para-hydroxylation sites is 1. The zero-order valence-electron chi connectivity index (χ0n) is 12.6. The highest BCUT2D eigenvalue weighted by molar-refractivity contribution is 8.16. The van der Waals surface area contributed by atoms with Crippen LogP contribution in [0.25, 0.3) is 0 Å². The predicted molar refractivity (Wildman–Crippen MR) is 91.9 cm³/mol. The van der Waals surface area contributed by atoms with Crippen LogP contribution in [-0.2, 0) is 4.79 Å². The molecular weight excluding hydrogens is 312 g/mol. The lowest BCUT2D eigenvalue weighted by Gasteiger charge is -2.15. The number of rotatable bonds is 5. The molecule has 1 aliphatic heterocycles. The first-order chi connectivity index (χ1) is 11.2. The van der Waals surface area contributed by atoms with Crippen LogP contribution in [0.3, 0.4) is 0 Å². The molecule has 0 unspecified atom stereocenters. The number of hydrogen-bond acceptors (Lipinski definition) is 5. The van der Waals surface area contributed by atoms with Crippen LogP contribution in [0.15, 0.2) is 54.6 Å². The molecule has 0 bridgehead atoms. The minimum absolute atomic E-state index is 0.264. The van der Waals surface area contributed by atoms with Crippen molar-refractivity contribution in [3.8, 4) is 5.75 Å². The Hall–Kier alpha value is -2.47. The summed E-state index contributed by atoms with van der Waals surface area (Å²) in [7, 11) is 0. The fraction of sp³-hybridized carbons (Fsp3) is 0.176. The van der Waals surface area contributed by atoms with Crippen LogP contribution >= 0.6 is 11.8 Å². The summed E-state index contributed by atoms with van der Waals surface area (Å²) in [6.07, 6.45) is 0. The van der Waals surface area contributed by atoms with E-state index in [0.717, 1.165) is 23.2 Å². The molecule has 1 heterocycles. The standard InChI is InChI=1S/C17H16N2O3S/c1-2-22-14-10-8-12(9-11-14)18-15-16(20)19(17(21)23-15)13-6-4-3-5-7-13/h3-11,15,18H,2H2,1H3/t15-/m0/s1. The van der Waals surface area contributed by atoms with Gasteiger partial charge in [-0.15, -0.1) is 0 Å². The first-order valence-electron chi connectivity index (χ1n) is 7.28. The van der Waals surface area contributed by atoms with Gasteiger partial charge in [-0.3, -0.25) is 9.59 Å². The van der Waals surface area contributed by atoms with Crippen LogP contribution in [0.5, 0.6) is 5.75 Å². The zero-order valence-corrected chi connectivity index (χ0v) is 13.4. The van der Waals surface area contributed by atoms with E-state index in [1.807, 2.05) is 37.3 Å². The Morgan fingerprint density at radius 2 is 1.78 bits per heavy atom. The van der Waals surface area contributed by atoms with E-state index in [4.69, 9.17) is 4.74 Å². The SMILES string of the molecule is CCOc1ccc(N[C@H]2SC(=O)N(c3ccccc3)C2=O)cc1. The third kappa shape index (κ3) is 3.32. The van der Waals surface area contributed by atoms with E-state index < -0.39 is 5.37 Å². The second-order valence-corrected chi connectivity index (χ2v) is 5.93. The Balaban J connectivity index is 1.72. The van der Waals surface area contributed by atoms with Crippen molar-refractivity contribution in [3.05, 3.63) is 54.6 Å². The third-order valence-electron chi connectivity index (χ3n) is 3.32. The van der Waals surface area contributed by atoms with E-state index in [2.05, 4.69) is 5.32 Å². The molecule has 1 saturated heterocycles. The summed E-state index contributed by atoms with van der Waals surface area (Å²) in [5, 5.41) is 2.19. The van der Waals surface area contributed by atoms with Crippen LogP contribution in [0.2, 0.25) is 0 Å². The molecule has 0 saturated carbocycles. The zero-order chi connectivity index (χ0) is 16.2. The van der Waals surface area contributed by atoms with Crippen molar-refractivity contribution >= 4 is 34.3 Å². The van der Waals surface area contributed by atoms with Crippen LogP contribution in [0.1, 0.15) is 6.92 Å². The maximum absolute atomic E-state index is 12.5. The van der Waals surface area contributed by atoms with E-state index in [1.165, 1.54) is 4.90 Å². The highest BCUT2D eigenvalue weighted by Crippen LogP contribution is 2.32. The van der Waals surface area contributed by atoms with Crippen molar-refractivity contribution in [1.82, 2.24) is 0 Å². The van der Waals surface area contributed by atoms with Crippen molar-refractivity contribution in [2.24, 2.45) is 0 Å². The number of carbonyl (C=O) groups is 2. The number of amides is 2. The summed E-state index contributed by atoms with van der Waals surface area (Å²) in [4.78, 5) is 25.8. The van der Waals surface area contributed by atoms with Gasteiger partial charge in [-0.2, -0.15) is 0 Å². The van der Waals surface area contributed by atoms with Gasteiger partial charge < -0.3 is 10.1 Å². The van der Waals surface area contributed by atoms with E-state index >= 15 is 0 Å². The van der Waals surface area contributed by atoms with Crippen LogP contribution in [-0.4, -0.2) is 23.1 Å². The molecule has 2 aromatic carbocycles. The van der Waals surface area contributed by atoms with E-state index in [1.54, 1.807) is 24.3 Å². The Kier molecular flexibility index (Phi) is 4.52. The van der Waals surface area contributed by atoms with Gasteiger partial charge in [0.2, 0.25) is 0 Å². The molecule has 2 amide bonds. The van der Waals surface area contributed by atoms with Gasteiger partial charge in [0, 0.05) is 5.69 Å². The lowest BCUT2D eigenvalue weighted by atomic mass is 10.3. The number of ether oxygens (including phenoxy) is 1. The van der Waals surface area contributed by atoms with Crippen LogP contribution in [0.4, 0.5) is 16.2 Å². The smallest absolute Gasteiger partial charge is 0.295 e. The Morgan fingerprint density at radius 3 is 2.43 bits per heavy atom. The molecule has 118 valence electrons. The second kappa shape index (κ2) is 6.75. The van der Waals surface area contributed by atoms with Gasteiger partial charge in [0.05, 0.1) is 12.3 Å². The molecule has 23 heavy (non-hydrogen) atoms. The van der Waals surface area contributed by atoms with Crippen LogP contribution < -0.4 is 15.0 Å². The van der Waals surface area contributed by atoms with Crippen molar-refractivity contribution in [2.45, 2.75) is 12.3 Å². The molecule has 1 fully saturated rings. The first-order valence-corrected chi connectivity index (χ1v) is 8.16. The van der Waals surface area contributed by atoms with Gasteiger partial charge in [0.25, 0.3) is 11.1 Å². The van der Waals surface area contributed by atoms with Gasteiger partial charge in [-0.05, 0) is 55.1 Å². The summed E-state index contributed by atoms with van der Waals surface area (Å²) >= 11 is 0.981. The number of hydrogen-bond donors (Lipinski definition) is 1. The van der Waals surface area contributed by atoms with Gasteiger partial charge in [0.1, 0.15) is 5.75 Å². The van der Waals surface area contributed by atoms with Crippen LogP contribution in [0, 0.1) is 0 Å². The number of imide groups is 1. The van der Waals surface area contributed by atoms with Gasteiger partial charge in [0.15, 0.2) is 5.37 Å². The van der Waals surface area contributed by atoms with Gasteiger partial charge in [-0.25, -0.2) is 4.90 Å².